The van der Waals surface area contributed by atoms with Gasteiger partial charge in [0.15, 0.2) is 0 Å². The zero-order valence-electron chi connectivity index (χ0n) is 14.9. The number of pyridine rings is 1. The van der Waals surface area contributed by atoms with E-state index in [-0.39, 0.29) is 11.7 Å². The predicted molar refractivity (Wildman–Crippen MR) is 96.3 cm³/mol. The minimum absolute atomic E-state index is 0.0123. The van der Waals surface area contributed by atoms with Gasteiger partial charge in [-0.1, -0.05) is 30.2 Å². The second-order valence-corrected chi connectivity index (χ2v) is 6.33. The molecule has 1 aromatic heterocycles. The van der Waals surface area contributed by atoms with Gasteiger partial charge in [-0.15, -0.1) is 0 Å². The zero-order chi connectivity index (χ0) is 20.3. The third kappa shape index (κ3) is 4.43. The Bertz CT molecular complexity index is 981. The highest BCUT2D eigenvalue weighted by atomic mass is 19.3. The van der Waals surface area contributed by atoms with Crippen molar-refractivity contribution in [3.05, 3.63) is 53.6 Å². The van der Waals surface area contributed by atoms with Gasteiger partial charge >= 0.3 is 11.9 Å². The standard InChI is InChI=1S/C20H16F2N2O4/c1-13-5-2-3-6-14(13)9-10-18(25)28-17-8-4-7-16(23-17)24-12-20(21,22)11-15(24)19(26)27/h2-8,15H,11-12H2,1H3,(H,26,27)/t15-/m0/s1. The lowest BCUT2D eigenvalue weighted by Gasteiger charge is -2.21. The van der Waals surface area contributed by atoms with Crippen LogP contribution in [0.2, 0.25) is 0 Å². The SMILES string of the molecule is Cc1ccccc1C#CC(=O)Oc1cccc(N2CC(F)(F)C[C@H]2C(=O)O)n1. The van der Waals surface area contributed by atoms with Crippen molar-refractivity contribution in [3.63, 3.8) is 0 Å². The highest BCUT2D eigenvalue weighted by Gasteiger charge is 2.48. The van der Waals surface area contributed by atoms with Crippen LogP contribution < -0.4 is 9.64 Å². The van der Waals surface area contributed by atoms with E-state index in [4.69, 9.17) is 4.74 Å². The van der Waals surface area contributed by atoms with Gasteiger partial charge in [0.05, 0.1) is 6.54 Å². The van der Waals surface area contributed by atoms with Crippen molar-refractivity contribution in [1.82, 2.24) is 4.98 Å². The van der Waals surface area contributed by atoms with Gasteiger partial charge < -0.3 is 14.7 Å². The monoisotopic (exact) mass is 386 g/mol. The van der Waals surface area contributed by atoms with Gasteiger partial charge in [0.2, 0.25) is 5.88 Å². The summed E-state index contributed by atoms with van der Waals surface area (Å²) in [7, 11) is 0. The van der Waals surface area contributed by atoms with Crippen molar-refractivity contribution in [3.8, 4) is 17.7 Å². The van der Waals surface area contributed by atoms with E-state index in [1.165, 1.54) is 18.2 Å². The molecule has 0 saturated carbocycles. The maximum atomic E-state index is 13.7. The first-order valence-corrected chi connectivity index (χ1v) is 8.39. The maximum absolute atomic E-state index is 13.7. The normalized spacial score (nSPS) is 17.5. The van der Waals surface area contributed by atoms with Gasteiger partial charge in [0, 0.05) is 24.0 Å². The summed E-state index contributed by atoms with van der Waals surface area (Å²) in [5.41, 5.74) is 1.57. The number of alkyl halides is 2. The van der Waals surface area contributed by atoms with Crippen LogP contribution in [0.1, 0.15) is 17.5 Å². The third-order valence-electron chi connectivity index (χ3n) is 4.20. The molecule has 0 radical (unpaired) electrons. The molecule has 28 heavy (non-hydrogen) atoms. The highest BCUT2D eigenvalue weighted by Crippen LogP contribution is 2.35. The molecule has 0 amide bonds. The first-order chi connectivity index (χ1) is 13.2. The summed E-state index contributed by atoms with van der Waals surface area (Å²) in [6, 6.07) is 10.0. The van der Waals surface area contributed by atoms with E-state index in [0.717, 1.165) is 10.5 Å². The Kier molecular flexibility index (Phi) is 5.27. The van der Waals surface area contributed by atoms with Gasteiger partial charge in [-0.05, 0) is 24.6 Å². The summed E-state index contributed by atoms with van der Waals surface area (Å²) in [6.07, 6.45) is -0.810. The van der Waals surface area contributed by atoms with Crippen LogP contribution in [0.5, 0.6) is 5.88 Å². The first kappa shape index (κ1) is 19.3. The van der Waals surface area contributed by atoms with Gasteiger partial charge in [0.1, 0.15) is 11.9 Å². The molecule has 0 unspecified atom stereocenters. The molecule has 8 heteroatoms. The van der Waals surface area contributed by atoms with E-state index in [2.05, 4.69) is 16.8 Å². The van der Waals surface area contributed by atoms with Crippen molar-refractivity contribution in [2.75, 3.05) is 11.4 Å². The number of carboxylic acids is 1. The summed E-state index contributed by atoms with van der Waals surface area (Å²) < 4.78 is 32.4. The molecule has 0 aliphatic carbocycles. The Balaban J connectivity index is 1.76. The number of esters is 1. The molecule has 1 aliphatic rings. The van der Waals surface area contributed by atoms with Crippen LogP contribution in [0.3, 0.4) is 0 Å². The number of carbonyl (C=O) groups is 2. The van der Waals surface area contributed by atoms with Crippen molar-refractivity contribution < 1.29 is 28.2 Å². The summed E-state index contributed by atoms with van der Waals surface area (Å²) in [5, 5.41) is 9.19. The molecule has 144 valence electrons. The molecule has 3 rings (SSSR count). The van der Waals surface area contributed by atoms with E-state index in [9.17, 15) is 23.5 Å². The maximum Gasteiger partial charge on any atom is 0.391 e. The van der Waals surface area contributed by atoms with Crippen molar-refractivity contribution >= 4 is 17.8 Å². The fourth-order valence-electron chi connectivity index (χ4n) is 2.85. The van der Waals surface area contributed by atoms with E-state index in [0.29, 0.717) is 5.56 Å². The third-order valence-corrected chi connectivity index (χ3v) is 4.20. The Morgan fingerprint density at radius 1 is 1.25 bits per heavy atom. The average Bonchev–Trinajstić information content (AvgIpc) is 2.97. The Morgan fingerprint density at radius 3 is 2.71 bits per heavy atom. The smallest absolute Gasteiger partial charge is 0.391 e. The lowest BCUT2D eigenvalue weighted by molar-refractivity contribution is -0.139. The number of carbonyl (C=O) groups excluding carboxylic acids is 1. The number of hydrogen-bond acceptors (Lipinski definition) is 5. The number of aromatic nitrogens is 1. The van der Waals surface area contributed by atoms with Crippen LogP contribution in [0.4, 0.5) is 14.6 Å². The number of carboxylic acid groups (broad SMARTS) is 1. The number of nitrogens with zero attached hydrogens (tertiary/aromatic N) is 2. The minimum Gasteiger partial charge on any atom is -0.480 e. The van der Waals surface area contributed by atoms with Crippen LogP contribution in [0.25, 0.3) is 0 Å². The van der Waals surface area contributed by atoms with Crippen molar-refractivity contribution in [2.45, 2.75) is 25.3 Å². The van der Waals surface area contributed by atoms with Crippen molar-refractivity contribution in [2.24, 2.45) is 0 Å². The molecular weight excluding hydrogens is 370 g/mol. The number of aliphatic carboxylic acids is 1. The first-order valence-electron chi connectivity index (χ1n) is 8.39. The van der Waals surface area contributed by atoms with Crippen LogP contribution in [0, 0.1) is 18.8 Å². The second-order valence-electron chi connectivity index (χ2n) is 6.33. The average molecular weight is 386 g/mol. The van der Waals surface area contributed by atoms with E-state index < -0.39 is 36.9 Å². The number of hydrogen-bond donors (Lipinski definition) is 1. The summed E-state index contributed by atoms with van der Waals surface area (Å²) >= 11 is 0. The number of halogens is 2. The van der Waals surface area contributed by atoms with E-state index in [1.807, 2.05) is 19.1 Å². The quantitative estimate of drug-likeness (QED) is 0.645. The largest absolute Gasteiger partial charge is 0.480 e. The molecule has 2 heterocycles. The second kappa shape index (κ2) is 7.64. The lowest BCUT2D eigenvalue weighted by Crippen LogP contribution is -2.36. The van der Waals surface area contributed by atoms with Crippen LogP contribution in [0.15, 0.2) is 42.5 Å². The van der Waals surface area contributed by atoms with Crippen LogP contribution >= 0.6 is 0 Å². The molecule has 1 aromatic carbocycles. The molecule has 1 aliphatic heterocycles. The highest BCUT2D eigenvalue weighted by molar-refractivity contribution is 5.90. The molecule has 2 aromatic rings. The molecule has 1 fully saturated rings. The summed E-state index contributed by atoms with van der Waals surface area (Å²) in [5.74, 6) is -0.509. The number of ether oxygens (including phenoxy) is 1. The van der Waals surface area contributed by atoms with Gasteiger partial charge in [-0.3, -0.25) is 0 Å². The number of aryl methyl sites for hydroxylation is 1. The molecule has 1 atom stereocenters. The Labute approximate surface area is 159 Å². The molecule has 0 spiro atoms. The van der Waals surface area contributed by atoms with Gasteiger partial charge in [-0.25, -0.2) is 18.4 Å². The van der Waals surface area contributed by atoms with E-state index >= 15 is 0 Å². The zero-order valence-corrected chi connectivity index (χ0v) is 14.9. The fourth-order valence-corrected chi connectivity index (χ4v) is 2.85. The molecular formula is C20H16F2N2O4. The molecule has 1 saturated heterocycles. The van der Waals surface area contributed by atoms with Crippen LogP contribution in [-0.2, 0) is 9.59 Å². The number of rotatable bonds is 3. The lowest BCUT2D eigenvalue weighted by atomic mass is 10.1. The number of anilines is 1. The predicted octanol–water partition coefficient (Wildman–Crippen LogP) is 2.65. The molecule has 6 nitrogen and oxygen atoms in total. The number of benzene rings is 1. The summed E-state index contributed by atoms with van der Waals surface area (Å²) in [4.78, 5) is 28.2. The van der Waals surface area contributed by atoms with Crippen LogP contribution in [-0.4, -0.2) is 40.5 Å². The van der Waals surface area contributed by atoms with Gasteiger partial charge in [0.25, 0.3) is 5.92 Å². The Hall–Kier alpha value is -3.47. The summed E-state index contributed by atoms with van der Waals surface area (Å²) in [6.45, 7) is 1.08. The fraction of sp³-hybridized carbons (Fsp3) is 0.250. The van der Waals surface area contributed by atoms with E-state index in [1.54, 1.807) is 12.1 Å². The topological polar surface area (TPSA) is 79.7 Å². The Morgan fingerprint density at radius 2 is 2.00 bits per heavy atom. The van der Waals surface area contributed by atoms with Gasteiger partial charge in [-0.2, -0.15) is 4.98 Å². The minimum atomic E-state index is -3.14. The molecule has 0 bridgehead atoms. The van der Waals surface area contributed by atoms with Crippen molar-refractivity contribution in [1.29, 1.82) is 0 Å². The molecule has 1 N–H and O–H groups in total.